The Hall–Kier alpha value is -2.32. The topological polar surface area (TPSA) is 113 Å². The summed E-state index contributed by atoms with van der Waals surface area (Å²) >= 11 is 1.65. The van der Waals surface area contributed by atoms with E-state index in [1.165, 1.54) is 0 Å². The van der Waals surface area contributed by atoms with Crippen LogP contribution in [0.4, 0.5) is 0 Å². The van der Waals surface area contributed by atoms with Gasteiger partial charge in [0.05, 0.1) is 12.7 Å². The molecule has 8 heteroatoms. The van der Waals surface area contributed by atoms with Gasteiger partial charge in [-0.1, -0.05) is 30.4 Å². The number of amides is 3. The summed E-state index contributed by atoms with van der Waals surface area (Å²) in [4.78, 5) is 34.6. The van der Waals surface area contributed by atoms with Crippen molar-refractivity contribution in [3.05, 3.63) is 46.9 Å². The van der Waals surface area contributed by atoms with Gasteiger partial charge >= 0.3 is 0 Å². The van der Waals surface area contributed by atoms with Crippen LogP contribution in [-0.4, -0.2) is 42.2 Å². The molecule has 1 heterocycles. The molecule has 0 fully saturated rings. The van der Waals surface area contributed by atoms with Crippen LogP contribution in [0, 0.1) is 0 Å². The number of thioether (sulfide) groups is 1. The Labute approximate surface area is 150 Å². The molecular formula is C17H22N4O3S. The maximum absolute atomic E-state index is 12.4. The number of rotatable bonds is 8. The van der Waals surface area contributed by atoms with Gasteiger partial charge in [-0.05, 0) is 23.5 Å². The van der Waals surface area contributed by atoms with Gasteiger partial charge in [0.15, 0.2) is 0 Å². The monoisotopic (exact) mass is 362 g/mol. The Bertz CT molecular complexity index is 652. The van der Waals surface area contributed by atoms with Gasteiger partial charge in [0.25, 0.3) is 0 Å². The van der Waals surface area contributed by atoms with Crippen LogP contribution in [0.15, 0.2) is 46.9 Å². The first-order chi connectivity index (χ1) is 12.0. The van der Waals surface area contributed by atoms with Gasteiger partial charge in [0.2, 0.25) is 18.2 Å². The number of fused-ring (bicyclic) bond motifs is 1. The molecule has 5 N–H and O–H groups in total. The van der Waals surface area contributed by atoms with E-state index in [0.29, 0.717) is 12.8 Å². The molecule has 3 unspecified atom stereocenters. The lowest BCUT2D eigenvalue weighted by Crippen LogP contribution is -2.52. The van der Waals surface area contributed by atoms with Gasteiger partial charge in [0.1, 0.15) is 6.04 Å². The van der Waals surface area contributed by atoms with Gasteiger partial charge in [-0.2, -0.15) is 0 Å². The Morgan fingerprint density at radius 3 is 2.88 bits per heavy atom. The second-order valence-electron chi connectivity index (χ2n) is 5.70. The highest BCUT2D eigenvalue weighted by Gasteiger charge is 2.25. The lowest BCUT2D eigenvalue weighted by Gasteiger charge is -2.23. The second-order valence-corrected chi connectivity index (χ2v) is 6.76. The summed E-state index contributed by atoms with van der Waals surface area (Å²) in [5, 5.41) is 9.88. The van der Waals surface area contributed by atoms with Crippen molar-refractivity contribution in [3.8, 4) is 0 Å². The molecular weight excluding hydrogens is 340 g/mol. The average molecular weight is 362 g/mol. The van der Waals surface area contributed by atoms with Crippen molar-refractivity contribution in [2.45, 2.75) is 30.7 Å². The molecule has 0 aromatic heterocycles. The predicted octanol–water partition coefficient (Wildman–Crippen LogP) is 0.0799. The normalized spacial score (nSPS) is 20.5. The molecule has 0 spiro atoms. The molecule has 2 aliphatic rings. The number of nitrogens with two attached hydrogens (primary N) is 1. The van der Waals surface area contributed by atoms with Crippen molar-refractivity contribution in [1.29, 1.82) is 0 Å². The van der Waals surface area contributed by atoms with Crippen molar-refractivity contribution in [2.24, 2.45) is 5.73 Å². The van der Waals surface area contributed by atoms with Crippen LogP contribution in [0.25, 0.3) is 0 Å². The van der Waals surface area contributed by atoms with Crippen LogP contribution in [0.3, 0.4) is 0 Å². The van der Waals surface area contributed by atoms with Crippen LogP contribution >= 0.6 is 11.8 Å². The number of allylic oxidation sites excluding steroid dienone is 4. The second kappa shape index (κ2) is 9.24. The molecule has 0 saturated heterocycles. The van der Waals surface area contributed by atoms with Gasteiger partial charge < -0.3 is 21.7 Å². The molecule has 134 valence electrons. The smallest absolute Gasteiger partial charge is 0.244 e. The zero-order chi connectivity index (χ0) is 18.2. The molecule has 2 rings (SSSR count). The van der Waals surface area contributed by atoms with Crippen molar-refractivity contribution in [3.63, 3.8) is 0 Å². The molecule has 0 aromatic carbocycles. The van der Waals surface area contributed by atoms with Crippen molar-refractivity contribution < 1.29 is 14.4 Å². The van der Waals surface area contributed by atoms with Crippen LogP contribution in [0.1, 0.15) is 13.3 Å². The summed E-state index contributed by atoms with van der Waals surface area (Å²) in [5.41, 5.74) is 7.59. The van der Waals surface area contributed by atoms with E-state index in [1.54, 1.807) is 18.7 Å². The fourth-order valence-electron chi connectivity index (χ4n) is 2.35. The third kappa shape index (κ3) is 5.61. The summed E-state index contributed by atoms with van der Waals surface area (Å²) in [6, 6.07) is -1.50. The van der Waals surface area contributed by atoms with Gasteiger partial charge in [-0.3, -0.25) is 14.4 Å². The minimum absolute atomic E-state index is 0.00469. The summed E-state index contributed by atoms with van der Waals surface area (Å²) in [7, 11) is 0. The first kappa shape index (κ1) is 19.0. The molecule has 1 aliphatic heterocycles. The van der Waals surface area contributed by atoms with Crippen molar-refractivity contribution in [1.82, 2.24) is 16.0 Å². The van der Waals surface area contributed by atoms with Crippen molar-refractivity contribution >= 4 is 30.0 Å². The Kier molecular flexibility index (Phi) is 7.03. The van der Waals surface area contributed by atoms with Crippen LogP contribution in [-0.2, 0) is 14.4 Å². The van der Waals surface area contributed by atoms with E-state index in [4.69, 9.17) is 5.73 Å². The van der Waals surface area contributed by atoms with Crippen LogP contribution in [0.2, 0.25) is 0 Å². The van der Waals surface area contributed by atoms with E-state index in [2.05, 4.69) is 28.1 Å². The largest absolute Gasteiger partial charge is 0.343 e. The highest BCUT2D eigenvalue weighted by Crippen LogP contribution is 2.33. The summed E-state index contributed by atoms with van der Waals surface area (Å²) in [6.45, 7) is 1.55. The van der Waals surface area contributed by atoms with E-state index in [1.807, 2.05) is 23.6 Å². The summed E-state index contributed by atoms with van der Waals surface area (Å²) in [5.74, 6) is -0.787. The average Bonchev–Trinajstić information content (AvgIpc) is 2.78. The molecule has 0 radical (unpaired) electrons. The minimum Gasteiger partial charge on any atom is -0.343 e. The highest BCUT2D eigenvalue weighted by molar-refractivity contribution is 8.03. The van der Waals surface area contributed by atoms with Crippen LogP contribution in [0.5, 0.6) is 0 Å². The lowest BCUT2D eigenvalue weighted by molar-refractivity contribution is -0.129. The third-order valence-electron chi connectivity index (χ3n) is 3.69. The van der Waals surface area contributed by atoms with Crippen LogP contribution < -0.4 is 21.7 Å². The first-order valence-electron chi connectivity index (χ1n) is 7.93. The zero-order valence-electron chi connectivity index (χ0n) is 13.9. The maximum atomic E-state index is 12.4. The third-order valence-corrected chi connectivity index (χ3v) is 4.72. The van der Waals surface area contributed by atoms with Gasteiger partial charge in [0, 0.05) is 11.7 Å². The highest BCUT2D eigenvalue weighted by atomic mass is 32.2. The molecule has 0 aromatic rings. The maximum Gasteiger partial charge on any atom is 0.244 e. The molecule has 3 atom stereocenters. The molecule has 25 heavy (non-hydrogen) atoms. The Morgan fingerprint density at radius 1 is 1.36 bits per heavy atom. The number of carbonyl (C=O) groups excluding carboxylic acids is 3. The van der Waals surface area contributed by atoms with Crippen molar-refractivity contribution in [2.75, 3.05) is 6.67 Å². The molecule has 2 bridgehead atoms. The standard InChI is InChI=1S/C17H22N4O3S/c1-11(18)16(23)21-15(17(24)20-9-19-10-22)7-13-8-25-14-5-3-2-4-12(13)6-14/h2-6,8,10-11,14-15H,7,9,18H2,1H3,(H,19,22)(H,20,24)(H,21,23). The minimum atomic E-state index is -0.777. The van der Waals surface area contributed by atoms with Gasteiger partial charge in [-0.25, -0.2) is 0 Å². The number of hydrogen-bond donors (Lipinski definition) is 4. The fraction of sp³-hybridized carbons (Fsp3) is 0.353. The predicted molar refractivity (Wildman–Crippen MR) is 98.2 cm³/mol. The molecule has 1 aliphatic carbocycles. The van der Waals surface area contributed by atoms with Gasteiger partial charge in [-0.15, -0.1) is 11.8 Å². The zero-order valence-corrected chi connectivity index (χ0v) is 14.7. The van der Waals surface area contributed by atoms with E-state index in [9.17, 15) is 14.4 Å². The summed E-state index contributed by atoms with van der Waals surface area (Å²) in [6.07, 6.45) is 11.0. The van der Waals surface area contributed by atoms with E-state index >= 15 is 0 Å². The lowest BCUT2D eigenvalue weighted by atomic mass is 9.98. The number of carbonyl (C=O) groups is 3. The van der Waals surface area contributed by atoms with E-state index < -0.39 is 18.0 Å². The molecule has 7 nitrogen and oxygen atoms in total. The fourth-order valence-corrected chi connectivity index (χ4v) is 3.31. The number of hydrogen-bond acceptors (Lipinski definition) is 5. The Balaban J connectivity index is 2.09. The quantitative estimate of drug-likeness (QED) is 0.277. The van der Waals surface area contributed by atoms with E-state index in [0.717, 1.165) is 11.1 Å². The molecule has 3 amide bonds. The first-order valence-corrected chi connectivity index (χ1v) is 8.88. The van der Waals surface area contributed by atoms with E-state index in [-0.39, 0.29) is 17.8 Å². The Morgan fingerprint density at radius 2 is 2.16 bits per heavy atom. The summed E-state index contributed by atoms with van der Waals surface area (Å²) < 4.78 is 0. The number of nitrogens with one attached hydrogen (secondary N) is 3. The molecule has 0 saturated carbocycles. The SMILES string of the molecule is CC(N)C(=O)NC(CC1=CSC2C=CC=CC1=C2)C(=O)NCNC=O.